The lowest BCUT2D eigenvalue weighted by molar-refractivity contribution is 0.0855. The first-order valence-corrected chi connectivity index (χ1v) is 6.96. The molecule has 2 atom stereocenters. The normalized spacial score (nSPS) is 12.9. The van der Waals surface area contributed by atoms with Gasteiger partial charge in [0.2, 0.25) is 0 Å². The highest BCUT2D eigenvalue weighted by molar-refractivity contribution is 9.10. The average molecular weight is 332 g/mol. The Morgan fingerprint density at radius 3 is 2.65 bits per heavy atom. The van der Waals surface area contributed by atoms with Crippen molar-refractivity contribution in [3.8, 4) is 17.6 Å². The van der Waals surface area contributed by atoms with Gasteiger partial charge >= 0.3 is 0 Å². The summed E-state index contributed by atoms with van der Waals surface area (Å²) < 4.78 is 6.61. The van der Waals surface area contributed by atoms with E-state index in [-0.39, 0.29) is 0 Å². The van der Waals surface area contributed by atoms with E-state index >= 15 is 0 Å². The first kappa shape index (κ1) is 14.6. The van der Waals surface area contributed by atoms with Gasteiger partial charge < -0.3 is 9.84 Å². The van der Waals surface area contributed by atoms with Crippen LogP contribution < -0.4 is 4.74 Å². The maximum Gasteiger partial charge on any atom is 0.151 e. The first-order valence-electron chi connectivity index (χ1n) is 6.17. The molecule has 0 saturated heterocycles. The summed E-state index contributed by atoms with van der Waals surface area (Å²) in [6, 6.07) is 11.1. The fraction of sp³-hybridized carbons (Fsp3) is 0.188. The van der Waals surface area contributed by atoms with Crippen LogP contribution in [-0.2, 0) is 0 Å². The number of hydrogen-bond acceptors (Lipinski definition) is 3. The summed E-state index contributed by atoms with van der Waals surface area (Å²) in [7, 11) is 0. The molecule has 0 aliphatic rings. The molecule has 0 fully saturated rings. The summed E-state index contributed by atoms with van der Waals surface area (Å²) in [5, 5.41) is 9.97. The van der Waals surface area contributed by atoms with Crippen LogP contribution in [0.15, 0.2) is 53.3 Å². The van der Waals surface area contributed by atoms with Gasteiger partial charge in [0, 0.05) is 22.4 Å². The van der Waals surface area contributed by atoms with E-state index in [0.717, 1.165) is 10.0 Å². The quantitative estimate of drug-likeness (QED) is 0.879. The largest absolute Gasteiger partial charge is 0.487 e. The van der Waals surface area contributed by atoms with Crippen LogP contribution in [0.4, 0.5) is 0 Å². The van der Waals surface area contributed by atoms with Crippen LogP contribution in [0.5, 0.6) is 5.75 Å². The van der Waals surface area contributed by atoms with Gasteiger partial charge in [-0.05, 0) is 43.3 Å². The van der Waals surface area contributed by atoms with Gasteiger partial charge in [-0.15, -0.1) is 0 Å². The van der Waals surface area contributed by atoms with Crippen molar-refractivity contribution in [1.82, 2.24) is 4.98 Å². The van der Waals surface area contributed by atoms with E-state index in [9.17, 15) is 5.11 Å². The van der Waals surface area contributed by atoms with Crippen molar-refractivity contribution in [3.05, 3.63) is 58.8 Å². The van der Waals surface area contributed by atoms with Crippen LogP contribution in [0, 0.1) is 11.8 Å². The maximum atomic E-state index is 9.97. The molecule has 2 rings (SSSR count). The zero-order chi connectivity index (χ0) is 14.4. The number of aromatic nitrogens is 1. The van der Waals surface area contributed by atoms with E-state index in [1.165, 1.54) is 0 Å². The van der Waals surface area contributed by atoms with Gasteiger partial charge in [-0.25, -0.2) is 0 Å². The van der Waals surface area contributed by atoms with Crippen LogP contribution in [0.25, 0.3) is 0 Å². The zero-order valence-electron chi connectivity index (χ0n) is 11.0. The molecule has 0 spiro atoms. The molecule has 1 N–H and O–H groups in total. The predicted octanol–water partition coefficient (Wildman–Crippen LogP) is 3.02. The second kappa shape index (κ2) is 7.09. The molecule has 1 aromatic carbocycles. The van der Waals surface area contributed by atoms with Crippen molar-refractivity contribution in [2.45, 2.75) is 19.1 Å². The van der Waals surface area contributed by atoms with Gasteiger partial charge in [-0.1, -0.05) is 27.8 Å². The highest BCUT2D eigenvalue weighted by atomic mass is 79.9. The Morgan fingerprint density at radius 2 is 2.00 bits per heavy atom. The first-order chi connectivity index (χ1) is 9.65. The molecule has 20 heavy (non-hydrogen) atoms. The van der Waals surface area contributed by atoms with Crippen molar-refractivity contribution in [1.29, 1.82) is 0 Å². The molecule has 102 valence electrons. The van der Waals surface area contributed by atoms with E-state index in [4.69, 9.17) is 4.74 Å². The Bertz CT molecular complexity index is 602. The topological polar surface area (TPSA) is 42.4 Å². The van der Waals surface area contributed by atoms with Crippen LogP contribution in [0.1, 0.15) is 12.5 Å². The van der Waals surface area contributed by atoms with Gasteiger partial charge in [0.05, 0.1) is 0 Å². The van der Waals surface area contributed by atoms with Crippen molar-refractivity contribution in [3.63, 3.8) is 0 Å². The fourth-order valence-electron chi connectivity index (χ4n) is 1.50. The maximum absolute atomic E-state index is 9.97. The Hall–Kier alpha value is -1.83. The molecule has 0 aliphatic heterocycles. The SMILES string of the molecule is C[C@@H](Oc1ccc(Br)cc1)C(O)C#Cc1cccnc1. The van der Waals surface area contributed by atoms with E-state index in [0.29, 0.717) is 5.75 Å². The van der Waals surface area contributed by atoms with E-state index in [1.807, 2.05) is 30.3 Å². The summed E-state index contributed by atoms with van der Waals surface area (Å²) in [6.45, 7) is 1.78. The number of aliphatic hydroxyl groups is 1. The minimum atomic E-state index is -0.862. The Labute approximate surface area is 126 Å². The van der Waals surface area contributed by atoms with Crippen molar-refractivity contribution in [2.75, 3.05) is 0 Å². The summed E-state index contributed by atoms with van der Waals surface area (Å²) in [5.41, 5.74) is 0.766. The molecule has 0 saturated carbocycles. The minimum Gasteiger partial charge on any atom is -0.487 e. The summed E-state index contributed by atoms with van der Waals surface area (Å²) in [6.07, 6.45) is 2.06. The van der Waals surface area contributed by atoms with Crippen molar-refractivity contribution < 1.29 is 9.84 Å². The van der Waals surface area contributed by atoms with Crippen LogP contribution in [0.2, 0.25) is 0 Å². The van der Waals surface area contributed by atoms with Crippen molar-refractivity contribution >= 4 is 15.9 Å². The van der Waals surface area contributed by atoms with Gasteiger partial charge in [0.15, 0.2) is 6.10 Å². The smallest absolute Gasteiger partial charge is 0.151 e. The van der Waals surface area contributed by atoms with E-state index in [2.05, 4.69) is 32.8 Å². The second-order valence-corrected chi connectivity index (χ2v) is 5.15. The highest BCUT2D eigenvalue weighted by Crippen LogP contribution is 2.17. The van der Waals surface area contributed by atoms with Crippen LogP contribution >= 0.6 is 15.9 Å². The summed E-state index contributed by atoms with van der Waals surface area (Å²) >= 11 is 3.36. The molecule has 1 aromatic heterocycles. The third-order valence-corrected chi connectivity index (χ3v) is 3.13. The van der Waals surface area contributed by atoms with E-state index < -0.39 is 12.2 Å². The van der Waals surface area contributed by atoms with Gasteiger partial charge in [-0.2, -0.15) is 0 Å². The average Bonchev–Trinajstić information content (AvgIpc) is 2.48. The molecule has 1 heterocycles. The van der Waals surface area contributed by atoms with Gasteiger partial charge in [0.1, 0.15) is 11.9 Å². The number of nitrogens with zero attached hydrogens (tertiary/aromatic N) is 1. The Balaban J connectivity index is 1.97. The lowest BCUT2D eigenvalue weighted by Crippen LogP contribution is -2.27. The summed E-state index contributed by atoms with van der Waals surface area (Å²) in [5.74, 6) is 6.33. The molecule has 0 amide bonds. The number of benzene rings is 1. The molecule has 0 aliphatic carbocycles. The molecule has 4 heteroatoms. The molecule has 0 radical (unpaired) electrons. The Morgan fingerprint density at radius 1 is 1.25 bits per heavy atom. The lowest BCUT2D eigenvalue weighted by atomic mass is 10.2. The number of hydrogen-bond donors (Lipinski definition) is 1. The van der Waals surface area contributed by atoms with E-state index in [1.54, 1.807) is 25.4 Å². The third-order valence-electron chi connectivity index (χ3n) is 2.61. The molecule has 1 unspecified atom stereocenters. The minimum absolute atomic E-state index is 0.416. The standard InChI is InChI=1S/C16H14BrNO2/c1-12(20-15-7-5-14(17)6-8-15)16(19)9-4-13-3-2-10-18-11-13/h2-3,5-8,10-12,16,19H,1H3/t12-,16?/m1/s1. The van der Waals surface area contributed by atoms with Crippen molar-refractivity contribution in [2.24, 2.45) is 0 Å². The predicted molar refractivity (Wildman–Crippen MR) is 81.4 cm³/mol. The molecule has 3 nitrogen and oxygen atoms in total. The third kappa shape index (κ3) is 4.37. The van der Waals surface area contributed by atoms with Gasteiger partial charge in [0.25, 0.3) is 0 Å². The number of ether oxygens (including phenoxy) is 1. The lowest BCUT2D eigenvalue weighted by Gasteiger charge is -2.16. The van der Waals surface area contributed by atoms with Crippen LogP contribution in [-0.4, -0.2) is 22.3 Å². The summed E-state index contributed by atoms with van der Waals surface area (Å²) in [4.78, 5) is 3.96. The fourth-order valence-corrected chi connectivity index (χ4v) is 1.77. The number of pyridine rings is 1. The van der Waals surface area contributed by atoms with Gasteiger partial charge in [-0.3, -0.25) is 4.98 Å². The molecular formula is C16H14BrNO2. The second-order valence-electron chi connectivity index (χ2n) is 4.23. The molecule has 0 bridgehead atoms. The monoisotopic (exact) mass is 331 g/mol. The van der Waals surface area contributed by atoms with Crippen LogP contribution in [0.3, 0.4) is 0 Å². The number of rotatable bonds is 3. The number of aliphatic hydroxyl groups excluding tert-OH is 1. The highest BCUT2D eigenvalue weighted by Gasteiger charge is 2.13. The molecular weight excluding hydrogens is 318 g/mol. The zero-order valence-corrected chi connectivity index (χ0v) is 12.5. The molecule has 2 aromatic rings. The number of halogens is 1. The Kier molecular flexibility index (Phi) is 5.16.